The molecule has 0 bridgehead atoms. The van der Waals surface area contributed by atoms with Crippen molar-refractivity contribution >= 4 is 11.9 Å². The minimum absolute atomic E-state index is 0.155. The highest BCUT2D eigenvalue weighted by Crippen LogP contribution is 2.49. The number of hydrogen-bond donors (Lipinski definition) is 1. The topological polar surface area (TPSA) is 88.5 Å². The number of carbonyl (C=O) groups excluding carboxylic acids is 1. The Kier molecular flexibility index (Phi) is 9.45. The van der Waals surface area contributed by atoms with Crippen LogP contribution in [-0.4, -0.2) is 66.5 Å². The molecule has 1 saturated heterocycles. The minimum atomic E-state index is -0.876. The average Bonchev–Trinajstić information content (AvgIpc) is 3.57. The van der Waals surface area contributed by atoms with Gasteiger partial charge in [0.2, 0.25) is 6.79 Å². The molecule has 2 aromatic rings. The molecule has 2 heterocycles. The van der Waals surface area contributed by atoms with E-state index in [2.05, 4.69) is 23.6 Å². The molecule has 0 amide bonds. The maximum atomic E-state index is 13.0. The van der Waals surface area contributed by atoms with Crippen molar-refractivity contribution in [3.05, 3.63) is 59.7 Å². The molecule has 4 unspecified atom stereocenters. The van der Waals surface area contributed by atoms with Crippen molar-refractivity contribution in [2.75, 3.05) is 33.5 Å². The smallest absolute Gasteiger partial charge is 0.309 e. The second-order valence-corrected chi connectivity index (χ2v) is 9.94. The third kappa shape index (κ3) is 5.88. The number of carboxylic acids is 1. The number of aliphatic carboxylic acids is 1. The molecule has 1 fully saturated rings. The number of likely N-dealkylation sites (tertiary alicyclic amines) is 1. The number of ether oxygens (including phenoxy) is 3. The first-order valence-corrected chi connectivity index (χ1v) is 13.5. The van der Waals surface area contributed by atoms with E-state index in [-0.39, 0.29) is 18.9 Å². The quantitative estimate of drug-likeness (QED) is 0.373. The second kappa shape index (κ2) is 13.0. The van der Waals surface area contributed by atoms with Gasteiger partial charge in [-0.3, -0.25) is 14.6 Å². The maximum absolute atomic E-state index is 13.0. The molecule has 2 aromatic carbocycles. The van der Waals surface area contributed by atoms with Crippen LogP contribution in [-0.2, 0) is 9.59 Å². The summed E-state index contributed by atoms with van der Waals surface area (Å²) in [4.78, 5) is 29.3. The monoisotopic (exact) mass is 522 g/mol. The van der Waals surface area contributed by atoms with Gasteiger partial charge in [0.15, 0.2) is 11.5 Å². The zero-order chi connectivity index (χ0) is 27.1. The standard InChI is InChI=1S/C30H38N2O6/c1-4-6-15-31(16-7-5-2)27(14-17-33)32-19-24(22-10-13-25-26(18-22)38-20-37-25)28(30(34)35)29(32)21-8-11-23(36-3)12-9-21/h8-14,18,24,27-29H,4-7,15-16,19-20H2,1-3H3,(H,34,35). The van der Waals surface area contributed by atoms with Crippen molar-refractivity contribution in [2.45, 2.75) is 57.7 Å². The molecule has 4 rings (SSSR count). The van der Waals surface area contributed by atoms with Crippen molar-refractivity contribution in [1.29, 1.82) is 0 Å². The normalized spacial score (nSPS) is 21.3. The lowest BCUT2D eigenvalue weighted by Crippen LogP contribution is -2.48. The Bertz CT molecular complexity index is 1120. The molecule has 0 spiro atoms. The Morgan fingerprint density at radius 1 is 1.11 bits per heavy atom. The van der Waals surface area contributed by atoms with Gasteiger partial charge in [-0.05, 0) is 61.3 Å². The third-order valence-electron chi connectivity index (χ3n) is 7.63. The van der Waals surface area contributed by atoms with Crippen LogP contribution in [0.3, 0.4) is 0 Å². The van der Waals surface area contributed by atoms with Gasteiger partial charge >= 0.3 is 5.97 Å². The van der Waals surface area contributed by atoms with E-state index in [9.17, 15) is 14.7 Å². The first-order valence-electron chi connectivity index (χ1n) is 13.5. The first kappa shape index (κ1) is 27.7. The van der Waals surface area contributed by atoms with Crippen LogP contribution >= 0.6 is 0 Å². The molecule has 204 valence electrons. The maximum Gasteiger partial charge on any atom is 0.309 e. The van der Waals surface area contributed by atoms with E-state index >= 15 is 0 Å². The number of fused-ring (bicyclic) bond motifs is 1. The van der Waals surface area contributed by atoms with Crippen LogP contribution in [0.1, 0.15) is 62.6 Å². The first-order chi connectivity index (χ1) is 18.5. The van der Waals surface area contributed by atoms with Crippen molar-refractivity contribution in [3.63, 3.8) is 0 Å². The van der Waals surface area contributed by atoms with Gasteiger partial charge in [0.25, 0.3) is 0 Å². The fraction of sp³-hybridized carbons (Fsp3) is 0.500. The van der Waals surface area contributed by atoms with Crippen LogP contribution < -0.4 is 14.2 Å². The van der Waals surface area contributed by atoms with Gasteiger partial charge < -0.3 is 19.3 Å². The highest BCUT2D eigenvalue weighted by Gasteiger charge is 2.50. The average molecular weight is 523 g/mol. The summed E-state index contributed by atoms with van der Waals surface area (Å²) in [6.07, 6.45) is 5.21. The van der Waals surface area contributed by atoms with Gasteiger partial charge in [-0.2, -0.15) is 0 Å². The van der Waals surface area contributed by atoms with E-state index in [0.717, 1.165) is 49.9 Å². The summed E-state index contributed by atoms with van der Waals surface area (Å²) >= 11 is 0. The van der Waals surface area contributed by atoms with Crippen LogP contribution in [0.15, 0.2) is 48.5 Å². The number of rotatable bonds is 13. The van der Waals surface area contributed by atoms with E-state index in [0.29, 0.717) is 23.8 Å². The Balaban J connectivity index is 1.80. The summed E-state index contributed by atoms with van der Waals surface area (Å²) in [6.45, 7) is 6.55. The molecule has 0 saturated carbocycles. The van der Waals surface area contributed by atoms with E-state index in [1.54, 1.807) is 13.2 Å². The van der Waals surface area contributed by atoms with Crippen LogP contribution in [0.5, 0.6) is 17.2 Å². The van der Waals surface area contributed by atoms with Crippen molar-refractivity contribution < 1.29 is 28.9 Å². The van der Waals surface area contributed by atoms with Crippen molar-refractivity contribution in [3.8, 4) is 17.2 Å². The molecular weight excluding hydrogens is 484 g/mol. The number of methoxy groups -OCH3 is 1. The number of carbonyl (C=O) groups is 1. The second-order valence-electron chi connectivity index (χ2n) is 9.94. The number of carboxylic acid groups (broad SMARTS) is 1. The summed E-state index contributed by atoms with van der Waals surface area (Å²) in [6, 6.07) is 12.8. The predicted octanol–water partition coefficient (Wildman–Crippen LogP) is 4.88. The summed E-state index contributed by atoms with van der Waals surface area (Å²) in [5.41, 5.74) is 1.75. The Labute approximate surface area is 224 Å². The molecule has 0 radical (unpaired) electrons. The zero-order valence-electron chi connectivity index (χ0n) is 22.5. The van der Waals surface area contributed by atoms with E-state index < -0.39 is 17.9 Å². The summed E-state index contributed by atoms with van der Waals surface area (Å²) in [7, 11) is 1.61. The molecule has 8 nitrogen and oxygen atoms in total. The summed E-state index contributed by atoms with van der Waals surface area (Å²) in [5.74, 6) is 2.09. The lowest BCUT2D eigenvalue weighted by Gasteiger charge is -2.39. The minimum Gasteiger partial charge on any atom is -0.497 e. The number of hydrogen-bond acceptors (Lipinski definition) is 7. The van der Waals surface area contributed by atoms with Crippen LogP contribution in [0, 0.1) is 5.92 Å². The molecule has 0 aromatic heterocycles. The van der Waals surface area contributed by atoms with E-state index in [4.69, 9.17) is 14.2 Å². The molecule has 2 aliphatic heterocycles. The fourth-order valence-corrected chi connectivity index (χ4v) is 5.69. The Morgan fingerprint density at radius 3 is 2.37 bits per heavy atom. The highest BCUT2D eigenvalue weighted by molar-refractivity contribution is 5.74. The van der Waals surface area contributed by atoms with Gasteiger partial charge in [0.1, 0.15) is 11.7 Å². The molecule has 8 heteroatoms. The number of unbranched alkanes of at least 4 members (excludes halogenated alkanes) is 2. The van der Waals surface area contributed by atoms with Crippen LogP contribution in [0.25, 0.3) is 0 Å². The molecular formula is C30H38N2O6. The molecule has 38 heavy (non-hydrogen) atoms. The lowest BCUT2D eigenvalue weighted by molar-refractivity contribution is -0.143. The van der Waals surface area contributed by atoms with E-state index in [1.165, 1.54) is 0 Å². The third-order valence-corrected chi connectivity index (χ3v) is 7.63. The van der Waals surface area contributed by atoms with Gasteiger partial charge in [-0.15, -0.1) is 0 Å². The van der Waals surface area contributed by atoms with E-state index in [1.807, 2.05) is 48.4 Å². The van der Waals surface area contributed by atoms with Gasteiger partial charge in [0, 0.05) is 18.5 Å². The fourth-order valence-electron chi connectivity index (χ4n) is 5.69. The Morgan fingerprint density at radius 2 is 1.76 bits per heavy atom. The molecule has 0 aliphatic carbocycles. The van der Waals surface area contributed by atoms with Gasteiger partial charge in [0.05, 0.1) is 25.2 Å². The summed E-state index contributed by atoms with van der Waals surface area (Å²) < 4.78 is 16.5. The zero-order valence-corrected chi connectivity index (χ0v) is 22.5. The highest BCUT2D eigenvalue weighted by atomic mass is 16.7. The number of benzene rings is 2. The largest absolute Gasteiger partial charge is 0.497 e. The molecule has 4 atom stereocenters. The van der Waals surface area contributed by atoms with Crippen molar-refractivity contribution in [1.82, 2.24) is 9.80 Å². The van der Waals surface area contributed by atoms with Crippen LogP contribution in [0.2, 0.25) is 0 Å². The van der Waals surface area contributed by atoms with Crippen LogP contribution in [0.4, 0.5) is 0 Å². The molecule has 2 aliphatic rings. The lowest BCUT2D eigenvalue weighted by atomic mass is 9.82. The SMILES string of the molecule is CCCCN(CCCC)C(C=C=O)N1CC(c2ccc3c(c2)OCO3)C(C(=O)O)C1c1ccc(OC)cc1. The van der Waals surface area contributed by atoms with Gasteiger partial charge in [-0.1, -0.05) is 44.9 Å². The van der Waals surface area contributed by atoms with Gasteiger partial charge in [-0.25, -0.2) is 4.79 Å². The molecule has 1 N–H and O–H groups in total. The summed E-state index contributed by atoms with van der Waals surface area (Å²) in [5, 5.41) is 10.6. The predicted molar refractivity (Wildman–Crippen MR) is 144 cm³/mol. The Hall–Kier alpha value is -3.32. The van der Waals surface area contributed by atoms with Crippen molar-refractivity contribution in [2.24, 2.45) is 5.92 Å². The number of nitrogens with zero attached hydrogens (tertiary/aromatic N) is 2.